The average molecular weight is 456 g/mol. The Morgan fingerprint density at radius 3 is 2.09 bits per heavy atom. The summed E-state index contributed by atoms with van der Waals surface area (Å²) in [5.74, 6) is 0.576. The number of aldehydes is 1. The number of piperidine rings is 1. The smallest absolute Gasteiger partial charge is 0.225 e. The van der Waals surface area contributed by atoms with Crippen LogP contribution in [0.5, 0.6) is 0 Å². The number of amides is 1. The SMILES string of the molecule is CCCC(C=O)c1ccccc1.O=C1CC[C@H](c2ccccc2)C2OC[C@@H](c3ccccc3)N12. The van der Waals surface area contributed by atoms with Gasteiger partial charge in [-0.05, 0) is 29.5 Å². The van der Waals surface area contributed by atoms with E-state index in [1.54, 1.807) is 0 Å². The minimum atomic E-state index is -0.131. The number of hydrogen-bond donors (Lipinski definition) is 0. The highest BCUT2D eigenvalue weighted by molar-refractivity contribution is 5.78. The Morgan fingerprint density at radius 2 is 1.50 bits per heavy atom. The minimum absolute atomic E-state index is 0.0465. The second-order valence-electron chi connectivity index (χ2n) is 8.95. The first kappa shape index (κ1) is 23.9. The highest BCUT2D eigenvalue weighted by atomic mass is 16.5. The van der Waals surface area contributed by atoms with Crippen molar-refractivity contribution in [1.29, 1.82) is 0 Å². The third-order valence-corrected chi connectivity index (χ3v) is 6.74. The number of rotatable bonds is 6. The summed E-state index contributed by atoms with van der Waals surface area (Å²) in [5.41, 5.74) is 3.56. The van der Waals surface area contributed by atoms with Crippen molar-refractivity contribution in [3.8, 4) is 0 Å². The van der Waals surface area contributed by atoms with E-state index in [1.165, 1.54) is 5.56 Å². The summed E-state index contributed by atoms with van der Waals surface area (Å²) in [5, 5.41) is 0. The van der Waals surface area contributed by atoms with Crippen LogP contribution in [0.15, 0.2) is 91.0 Å². The molecule has 3 aromatic carbocycles. The van der Waals surface area contributed by atoms with Crippen LogP contribution in [0.25, 0.3) is 0 Å². The lowest BCUT2D eigenvalue weighted by Crippen LogP contribution is -2.45. The molecule has 4 atom stereocenters. The van der Waals surface area contributed by atoms with E-state index in [4.69, 9.17) is 4.74 Å². The van der Waals surface area contributed by atoms with E-state index in [1.807, 2.05) is 59.5 Å². The van der Waals surface area contributed by atoms with Gasteiger partial charge in [-0.15, -0.1) is 0 Å². The first-order valence-electron chi connectivity index (χ1n) is 12.3. The quantitative estimate of drug-likeness (QED) is 0.412. The van der Waals surface area contributed by atoms with Crippen molar-refractivity contribution < 1.29 is 14.3 Å². The normalized spacial score (nSPS) is 22.3. The Balaban J connectivity index is 0.000000195. The van der Waals surface area contributed by atoms with Crippen molar-refractivity contribution in [2.45, 2.75) is 56.7 Å². The molecule has 2 unspecified atom stereocenters. The Hall–Kier alpha value is -3.24. The van der Waals surface area contributed by atoms with Gasteiger partial charge in [0.25, 0.3) is 0 Å². The van der Waals surface area contributed by atoms with Gasteiger partial charge >= 0.3 is 0 Å². The van der Waals surface area contributed by atoms with Gasteiger partial charge in [-0.2, -0.15) is 0 Å². The minimum Gasteiger partial charge on any atom is -0.355 e. The van der Waals surface area contributed by atoms with Crippen molar-refractivity contribution in [3.05, 3.63) is 108 Å². The maximum absolute atomic E-state index is 12.5. The standard InChI is InChI=1S/C19H19NO2.C11H14O/c21-18-12-11-16(14-7-3-1-4-8-14)19-20(18)17(13-22-19)15-9-5-2-6-10-15;1-2-6-11(9-12)10-7-4-3-5-8-10/h1-10,16-17,19H,11-13H2;3-5,7-9,11H,2,6H2,1H3/t16-,17+,19?;/m1./s1. The maximum Gasteiger partial charge on any atom is 0.225 e. The Morgan fingerprint density at radius 1 is 0.912 bits per heavy atom. The predicted octanol–water partition coefficient (Wildman–Crippen LogP) is 6.26. The molecule has 2 aliphatic rings. The van der Waals surface area contributed by atoms with E-state index in [2.05, 4.69) is 43.3 Å². The lowest BCUT2D eigenvalue weighted by atomic mass is 9.88. The number of carbonyl (C=O) groups excluding carboxylic acids is 2. The first-order chi connectivity index (χ1) is 16.7. The molecule has 0 radical (unpaired) electrons. The molecule has 3 aromatic rings. The second-order valence-corrected chi connectivity index (χ2v) is 8.95. The first-order valence-corrected chi connectivity index (χ1v) is 12.3. The number of carbonyl (C=O) groups is 2. The molecule has 0 bridgehead atoms. The molecular weight excluding hydrogens is 422 g/mol. The van der Waals surface area contributed by atoms with Crippen LogP contribution in [0.3, 0.4) is 0 Å². The molecule has 0 aliphatic carbocycles. The number of nitrogens with zero attached hydrogens (tertiary/aromatic N) is 1. The number of fused-ring (bicyclic) bond motifs is 1. The molecular formula is C30H33NO3. The molecule has 0 aromatic heterocycles. The largest absolute Gasteiger partial charge is 0.355 e. The molecule has 2 saturated heterocycles. The fourth-order valence-electron chi connectivity index (χ4n) is 4.99. The van der Waals surface area contributed by atoms with E-state index in [-0.39, 0.29) is 30.0 Å². The van der Waals surface area contributed by atoms with Crippen LogP contribution < -0.4 is 0 Å². The molecule has 2 aliphatic heterocycles. The molecule has 4 nitrogen and oxygen atoms in total. The Kier molecular flexibility index (Phi) is 8.26. The second kappa shape index (κ2) is 11.8. The third-order valence-electron chi connectivity index (χ3n) is 6.74. The van der Waals surface area contributed by atoms with Crippen LogP contribution in [0, 0.1) is 0 Å². The van der Waals surface area contributed by atoms with Gasteiger partial charge in [0.05, 0.1) is 12.6 Å². The fourth-order valence-corrected chi connectivity index (χ4v) is 4.99. The van der Waals surface area contributed by atoms with Gasteiger partial charge in [-0.1, -0.05) is 104 Å². The summed E-state index contributed by atoms with van der Waals surface area (Å²) in [7, 11) is 0. The predicted molar refractivity (Wildman–Crippen MR) is 134 cm³/mol. The summed E-state index contributed by atoms with van der Waals surface area (Å²) >= 11 is 0. The summed E-state index contributed by atoms with van der Waals surface area (Å²) in [6, 6.07) is 30.6. The van der Waals surface area contributed by atoms with Crippen molar-refractivity contribution >= 4 is 12.2 Å². The van der Waals surface area contributed by atoms with Crippen LogP contribution in [-0.2, 0) is 14.3 Å². The maximum atomic E-state index is 12.5. The van der Waals surface area contributed by atoms with Gasteiger partial charge in [0.1, 0.15) is 12.5 Å². The molecule has 4 heteroatoms. The molecule has 1 amide bonds. The van der Waals surface area contributed by atoms with E-state index < -0.39 is 0 Å². The zero-order chi connectivity index (χ0) is 23.8. The van der Waals surface area contributed by atoms with Crippen LogP contribution in [0.2, 0.25) is 0 Å². The van der Waals surface area contributed by atoms with E-state index in [9.17, 15) is 9.59 Å². The number of benzene rings is 3. The van der Waals surface area contributed by atoms with Crippen LogP contribution >= 0.6 is 0 Å². The zero-order valence-corrected chi connectivity index (χ0v) is 19.8. The van der Waals surface area contributed by atoms with Crippen molar-refractivity contribution in [2.24, 2.45) is 0 Å². The summed E-state index contributed by atoms with van der Waals surface area (Å²) in [6.07, 6.45) is 4.38. The molecule has 34 heavy (non-hydrogen) atoms. The molecule has 176 valence electrons. The Bertz CT molecular complexity index is 1040. The van der Waals surface area contributed by atoms with Gasteiger partial charge in [0.2, 0.25) is 5.91 Å². The molecule has 0 saturated carbocycles. The monoisotopic (exact) mass is 455 g/mol. The van der Waals surface area contributed by atoms with Gasteiger partial charge in [0.15, 0.2) is 0 Å². The highest BCUT2D eigenvalue weighted by Crippen LogP contribution is 2.42. The fraction of sp³-hybridized carbons (Fsp3) is 0.333. The molecule has 2 heterocycles. The van der Waals surface area contributed by atoms with Gasteiger partial charge in [-0.25, -0.2) is 0 Å². The van der Waals surface area contributed by atoms with Crippen molar-refractivity contribution in [1.82, 2.24) is 4.90 Å². The Labute approximate surface area is 202 Å². The van der Waals surface area contributed by atoms with E-state index in [0.717, 1.165) is 36.7 Å². The zero-order valence-electron chi connectivity index (χ0n) is 19.8. The number of hydrogen-bond acceptors (Lipinski definition) is 3. The highest BCUT2D eigenvalue weighted by Gasteiger charge is 2.46. The number of ether oxygens (including phenoxy) is 1. The topological polar surface area (TPSA) is 46.6 Å². The lowest BCUT2D eigenvalue weighted by molar-refractivity contribution is -0.144. The lowest BCUT2D eigenvalue weighted by Gasteiger charge is -2.38. The van der Waals surface area contributed by atoms with E-state index in [0.29, 0.717) is 13.0 Å². The summed E-state index contributed by atoms with van der Waals surface area (Å²) < 4.78 is 6.07. The molecule has 0 N–H and O–H groups in total. The molecule has 5 rings (SSSR count). The van der Waals surface area contributed by atoms with E-state index >= 15 is 0 Å². The molecule has 0 spiro atoms. The van der Waals surface area contributed by atoms with Gasteiger partial charge in [-0.3, -0.25) is 4.79 Å². The summed E-state index contributed by atoms with van der Waals surface area (Å²) in [4.78, 5) is 25.1. The van der Waals surface area contributed by atoms with Crippen molar-refractivity contribution in [3.63, 3.8) is 0 Å². The third kappa shape index (κ3) is 5.45. The molecule has 2 fully saturated rings. The van der Waals surface area contributed by atoms with Crippen LogP contribution in [0.1, 0.15) is 67.2 Å². The van der Waals surface area contributed by atoms with Gasteiger partial charge < -0.3 is 14.4 Å². The average Bonchev–Trinajstić information content (AvgIpc) is 3.36. The van der Waals surface area contributed by atoms with Crippen molar-refractivity contribution in [2.75, 3.05) is 6.61 Å². The van der Waals surface area contributed by atoms with Gasteiger partial charge in [0, 0.05) is 18.3 Å². The van der Waals surface area contributed by atoms with Crippen LogP contribution in [0.4, 0.5) is 0 Å². The summed E-state index contributed by atoms with van der Waals surface area (Å²) in [6.45, 7) is 2.68. The van der Waals surface area contributed by atoms with Crippen LogP contribution in [-0.4, -0.2) is 29.9 Å².